The lowest BCUT2D eigenvalue weighted by Gasteiger charge is -2.17. The molecule has 0 aromatic heterocycles. The Hall–Kier alpha value is -0.480. The summed E-state index contributed by atoms with van der Waals surface area (Å²) < 4.78 is 0. The molecule has 0 saturated carbocycles. The number of rotatable bonds is 5. The van der Waals surface area contributed by atoms with Gasteiger partial charge in [-0.2, -0.15) is 0 Å². The van der Waals surface area contributed by atoms with Crippen molar-refractivity contribution in [2.24, 2.45) is 5.92 Å². The van der Waals surface area contributed by atoms with Crippen molar-refractivity contribution in [1.82, 2.24) is 5.32 Å². The second-order valence-electron chi connectivity index (χ2n) is 3.33. The molecule has 0 fully saturated rings. The van der Waals surface area contributed by atoms with E-state index in [-0.39, 0.29) is 5.92 Å². The minimum atomic E-state index is -1.25. The Balaban J connectivity index is 4.38. The molecule has 0 aliphatic carbocycles. The van der Waals surface area contributed by atoms with Gasteiger partial charge in [-0.05, 0) is 12.3 Å². The van der Waals surface area contributed by atoms with Crippen LogP contribution >= 0.6 is 23.2 Å². The molecule has 4 nitrogen and oxygen atoms in total. The third kappa shape index (κ3) is 5.29. The molecule has 0 aliphatic rings. The lowest BCUT2D eigenvalue weighted by atomic mass is 10.0. The van der Waals surface area contributed by atoms with E-state index in [1.807, 2.05) is 13.8 Å². The maximum Gasteiger partial charge on any atom is 0.405 e. The van der Waals surface area contributed by atoms with Crippen molar-refractivity contribution >= 4 is 35.1 Å². The highest BCUT2D eigenvalue weighted by atomic mass is 35.5. The summed E-state index contributed by atoms with van der Waals surface area (Å²) in [7, 11) is 0. The summed E-state index contributed by atoms with van der Waals surface area (Å²) in [5.41, 5.74) is 0. The van der Waals surface area contributed by atoms with Crippen molar-refractivity contribution < 1.29 is 14.7 Å². The molecular weight excluding hydrogens is 229 g/mol. The number of nitrogens with one attached hydrogen (secondary N) is 1. The van der Waals surface area contributed by atoms with Gasteiger partial charge in [0.05, 0.1) is 6.04 Å². The smallest absolute Gasteiger partial charge is 0.405 e. The van der Waals surface area contributed by atoms with E-state index in [0.29, 0.717) is 6.42 Å². The molecule has 0 saturated heterocycles. The van der Waals surface area contributed by atoms with E-state index < -0.39 is 22.8 Å². The Morgan fingerprint density at radius 1 is 1.36 bits per heavy atom. The quantitative estimate of drug-likeness (QED) is 0.725. The van der Waals surface area contributed by atoms with Gasteiger partial charge in [0.25, 0.3) is 0 Å². The van der Waals surface area contributed by atoms with Gasteiger partial charge in [-0.15, -0.1) is 0 Å². The molecule has 0 aromatic carbocycles. The first-order chi connectivity index (χ1) is 6.34. The van der Waals surface area contributed by atoms with Crippen LogP contribution in [0.1, 0.15) is 20.3 Å². The molecule has 0 radical (unpaired) electrons. The van der Waals surface area contributed by atoms with Crippen molar-refractivity contribution in [2.75, 3.05) is 0 Å². The van der Waals surface area contributed by atoms with Crippen LogP contribution in [0.4, 0.5) is 4.79 Å². The van der Waals surface area contributed by atoms with Gasteiger partial charge in [-0.25, -0.2) is 4.79 Å². The second kappa shape index (κ2) is 6.09. The summed E-state index contributed by atoms with van der Waals surface area (Å²) in [5.74, 6) is -0.327. The number of Topliss-reactive ketones (excluding diaryl/α,β-unsaturated/α-hetero) is 1. The van der Waals surface area contributed by atoms with Crippen molar-refractivity contribution in [1.29, 1.82) is 0 Å². The Morgan fingerprint density at radius 3 is 2.14 bits per heavy atom. The Morgan fingerprint density at radius 2 is 1.86 bits per heavy atom. The van der Waals surface area contributed by atoms with Crippen LogP contribution in [-0.4, -0.2) is 27.9 Å². The van der Waals surface area contributed by atoms with E-state index in [2.05, 4.69) is 5.32 Å². The van der Waals surface area contributed by atoms with Crippen LogP contribution in [0.25, 0.3) is 0 Å². The lowest BCUT2D eigenvalue weighted by Crippen LogP contribution is -2.43. The number of amides is 1. The van der Waals surface area contributed by atoms with E-state index in [1.54, 1.807) is 0 Å². The first-order valence-electron chi connectivity index (χ1n) is 4.16. The number of carbonyl (C=O) groups excluding carboxylic acids is 1. The van der Waals surface area contributed by atoms with Gasteiger partial charge in [0.1, 0.15) is 0 Å². The van der Waals surface area contributed by atoms with Crippen molar-refractivity contribution in [3.63, 3.8) is 0 Å². The van der Waals surface area contributed by atoms with Crippen LogP contribution in [0, 0.1) is 5.92 Å². The molecule has 1 atom stereocenters. The molecule has 0 aliphatic heterocycles. The average Bonchev–Trinajstić information content (AvgIpc) is 1.99. The Kier molecular flexibility index (Phi) is 5.88. The van der Waals surface area contributed by atoms with E-state index in [9.17, 15) is 9.59 Å². The molecule has 0 heterocycles. The molecule has 82 valence electrons. The number of carboxylic acid groups (broad SMARTS) is 1. The van der Waals surface area contributed by atoms with Gasteiger partial charge >= 0.3 is 6.09 Å². The monoisotopic (exact) mass is 241 g/mol. The first kappa shape index (κ1) is 13.5. The number of carbonyl (C=O) groups is 2. The molecule has 2 N–H and O–H groups in total. The van der Waals surface area contributed by atoms with E-state index in [4.69, 9.17) is 28.3 Å². The molecule has 6 heteroatoms. The van der Waals surface area contributed by atoms with Crippen molar-refractivity contribution in [3.8, 4) is 0 Å². The van der Waals surface area contributed by atoms with Crippen LogP contribution in [0.2, 0.25) is 0 Å². The predicted molar refractivity (Wildman–Crippen MR) is 54.9 cm³/mol. The van der Waals surface area contributed by atoms with Gasteiger partial charge in [-0.1, -0.05) is 37.0 Å². The largest absolute Gasteiger partial charge is 0.465 e. The van der Waals surface area contributed by atoms with Gasteiger partial charge < -0.3 is 10.4 Å². The second-order valence-corrected chi connectivity index (χ2v) is 4.43. The zero-order chi connectivity index (χ0) is 11.3. The summed E-state index contributed by atoms with van der Waals surface area (Å²) >= 11 is 10.7. The number of hydrogen-bond donors (Lipinski definition) is 2. The van der Waals surface area contributed by atoms with Crippen LogP contribution in [0.5, 0.6) is 0 Å². The summed E-state index contributed by atoms with van der Waals surface area (Å²) in [6.45, 7) is 3.75. The van der Waals surface area contributed by atoms with Gasteiger partial charge in [0, 0.05) is 0 Å². The van der Waals surface area contributed by atoms with Crippen LogP contribution < -0.4 is 5.32 Å². The summed E-state index contributed by atoms with van der Waals surface area (Å²) in [6.07, 6.45) is -0.862. The van der Waals surface area contributed by atoms with Crippen LogP contribution in [0.15, 0.2) is 0 Å². The summed E-state index contributed by atoms with van der Waals surface area (Å²) in [4.78, 5) is 20.5. The minimum absolute atomic E-state index is 0.183. The Bertz CT molecular complexity index is 219. The van der Waals surface area contributed by atoms with Crippen LogP contribution in [0.3, 0.4) is 0 Å². The molecule has 0 unspecified atom stereocenters. The van der Waals surface area contributed by atoms with E-state index in [1.165, 1.54) is 0 Å². The molecule has 0 rings (SSSR count). The SMILES string of the molecule is CC(C)C[C@H](NC(=O)O)C(=O)C(Cl)Cl. The average molecular weight is 242 g/mol. The number of alkyl halides is 2. The third-order valence-corrected chi connectivity index (χ3v) is 1.99. The van der Waals surface area contributed by atoms with Gasteiger partial charge in [0.2, 0.25) is 0 Å². The normalized spacial score (nSPS) is 13.0. The summed E-state index contributed by atoms with van der Waals surface area (Å²) in [5, 5.41) is 10.6. The summed E-state index contributed by atoms with van der Waals surface area (Å²) in [6, 6.07) is -0.826. The lowest BCUT2D eigenvalue weighted by molar-refractivity contribution is -0.119. The highest BCUT2D eigenvalue weighted by molar-refractivity contribution is 6.54. The number of halogens is 2. The predicted octanol–water partition coefficient (Wildman–Crippen LogP) is 2.04. The molecular formula is C8H13Cl2NO3. The minimum Gasteiger partial charge on any atom is -0.465 e. The number of ketones is 1. The fraction of sp³-hybridized carbons (Fsp3) is 0.750. The highest BCUT2D eigenvalue weighted by Gasteiger charge is 2.25. The van der Waals surface area contributed by atoms with Crippen LogP contribution in [-0.2, 0) is 4.79 Å². The topological polar surface area (TPSA) is 66.4 Å². The molecule has 0 aromatic rings. The number of hydrogen-bond acceptors (Lipinski definition) is 2. The fourth-order valence-electron chi connectivity index (χ4n) is 1.02. The molecule has 0 bridgehead atoms. The maximum absolute atomic E-state index is 11.3. The van der Waals surface area contributed by atoms with Crippen molar-refractivity contribution in [2.45, 2.75) is 31.1 Å². The Labute approximate surface area is 92.6 Å². The zero-order valence-electron chi connectivity index (χ0n) is 7.96. The molecule has 1 amide bonds. The third-order valence-electron chi connectivity index (χ3n) is 1.56. The highest BCUT2D eigenvalue weighted by Crippen LogP contribution is 2.12. The standard InChI is InChI=1S/C8H13Cl2NO3/c1-4(2)3-5(11-8(13)14)6(12)7(9)10/h4-5,7,11H,3H2,1-2H3,(H,13,14)/t5-/m0/s1. The fourth-order valence-corrected chi connectivity index (χ4v) is 1.32. The first-order valence-corrected chi connectivity index (χ1v) is 5.03. The molecule has 0 spiro atoms. The van der Waals surface area contributed by atoms with Gasteiger partial charge in [0.15, 0.2) is 10.6 Å². The molecule has 14 heavy (non-hydrogen) atoms. The maximum atomic E-state index is 11.3. The van der Waals surface area contributed by atoms with Gasteiger partial charge in [-0.3, -0.25) is 4.79 Å². The zero-order valence-corrected chi connectivity index (χ0v) is 9.47. The van der Waals surface area contributed by atoms with E-state index >= 15 is 0 Å². The van der Waals surface area contributed by atoms with Crippen molar-refractivity contribution in [3.05, 3.63) is 0 Å². The van der Waals surface area contributed by atoms with E-state index in [0.717, 1.165) is 0 Å².